The minimum Gasteiger partial charge on any atom is -0.464 e. The summed E-state index contributed by atoms with van der Waals surface area (Å²) in [6.45, 7) is 2.08. The van der Waals surface area contributed by atoms with E-state index in [4.69, 9.17) is 0 Å². The van der Waals surface area contributed by atoms with Gasteiger partial charge in [-0.25, -0.2) is 4.79 Å². The van der Waals surface area contributed by atoms with Gasteiger partial charge < -0.3 is 20.2 Å². The first-order valence-corrected chi connectivity index (χ1v) is 6.58. The normalized spacial score (nSPS) is 10.3. The number of methoxy groups -OCH3 is 1. The maximum absolute atomic E-state index is 12.0. The first-order chi connectivity index (χ1) is 10.9. The van der Waals surface area contributed by atoms with Gasteiger partial charge >= 0.3 is 11.8 Å². The summed E-state index contributed by atoms with van der Waals surface area (Å²) in [6, 6.07) is 1.18. The fraction of sp³-hybridized carbons (Fsp3) is 0.333. The highest BCUT2D eigenvalue weighted by molar-refractivity contribution is 5.99. The third kappa shape index (κ3) is 3.70. The predicted octanol–water partition coefficient (Wildman–Crippen LogP) is 0.433. The van der Waals surface area contributed by atoms with E-state index in [1.807, 2.05) is 6.92 Å². The lowest BCUT2D eigenvalue weighted by atomic mass is 10.3. The van der Waals surface area contributed by atoms with Crippen LogP contribution >= 0.6 is 0 Å². The highest BCUT2D eigenvalue weighted by Crippen LogP contribution is 2.15. The summed E-state index contributed by atoms with van der Waals surface area (Å²) in [5, 5.41) is 20.7. The van der Waals surface area contributed by atoms with E-state index in [1.54, 1.807) is 0 Å². The van der Waals surface area contributed by atoms with E-state index in [2.05, 4.69) is 20.3 Å². The van der Waals surface area contributed by atoms with Crippen LogP contribution in [0, 0.1) is 10.1 Å². The number of amides is 1. The molecule has 2 rings (SSSR count). The van der Waals surface area contributed by atoms with Gasteiger partial charge in [0.25, 0.3) is 0 Å². The van der Waals surface area contributed by atoms with E-state index in [1.165, 1.54) is 30.3 Å². The number of hydrogen-bond donors (Lipinski definition) is 1. The zero-order valence-corrected chi connectivity index (χ0v) is 12.4. The zero-order valence-electron chi connectivity index (χ0n) is 12.4. The van der Waals surface area contributed by atoms with Gasteiger partial charge in [-0.1, -0.05) is 0 Å². The lowest BCUT2D eigenvalue weighted by Gasteiger charge is -2.03. The number of esters is 1. The number of aryl methyl sites for hydroxylation is 1. The van der Waals surface area contributed by atoms with Crippen molar-refractivity contribution in [2.75, 3.05) is 12.4 Å². The molecule has 0 aromatic carbocycles. The molecule has 0 aliphatic heterocycles. The maximum atomic E-state index is 12.0. The van der Waals surface area contributed by atoms with Crippen LogP contribution in [0.25, 0.3) is 0 Å². The van der Waals surface area contributed by atoms with Crippen molar-refractivity contribution in [1.82, 2.24) is 19.6 Å². The Kier molecular flexibility index (Phi) is 4.69. The van der Waals surface area contributed by atoms with Crippen LogP contribution in [0.4, 0.5) is 11.5 Å². The first-order valence-electron chi connectivity index (χ1n) is 6.58. The number of anilines is 1. The summed E-state index contributed by atoms with van der Waals surface area (Å²) in [5.41, 5.74) is 0.180. The second-order valence-corrected chi connectivity index (χ2v) is 4.42. The number of carbonyl (C=O) groups is 2. The van der Waals surface area contributed by atoms with Crippen molar-refractivity contribution in [2.45, 2.75) is 20.0 Å². The summed E-state index contributed by atoms with van der Waals surface area (Å²) >= 11 is 0. The number of carbonyl (C=O) groups excluding carboxylic acids is 2. The lowest BCUT2D eigenvalue weighted by Crippen LogP contribution is -2.20. The summed E-state index contributed by atoms with van der Waals surface area (Å²) in [6.07, 6.45) is 2.81. The van der Waals surface area contributed by atoms with Gasteiger partial charge in [-0.2, -0.15) is 9.78 Å². The Balaban J connectivity index is 2.11. The van der Waals surface area contributed by atoms with Crippen molar-refractivity contribution in [2.24, 2.45) is 0 Å². The molecular weight excluding hydrogens is 308 g/mol. The van der Waals surface area contributed by atoms with Crippen molar-refractivity contribution in [3.05, 3.63) is 34.3 Å². The van der Waals surface area contributed by atoms with Gasteiger partial charge in [0.05, 0.1) is 30.2 Å². The Bertz CT molecular complexity index is 749. The van der Waals surface area contributed by atoms with Gasteiger partial charge in [-0.05, 0) is 11.8 Å². The monoisotopic (exact) mass is 322 g/mol. The van der Waals surface area contributed by atoms with Crippen molar-refractivity contribution in [3.63, 3.8) is 0 Å². The highest BCUT2D eigenvalue weighted by Gasteiger charge is 2.20. The molecule has 0 spiro atoms. The van der Waals surface area contributed by atoms with Gasteiger partial charge in [0.2, 0.25) is 5.91 Å². The van der Waals surface area contributed by atoms with Crippen LogP contribution in [0.1, 0.15) is 17.4 Å². The van der Waals surface area contributed by atoms with Crippen LogP contribution in [0.3, 0.4) is 0 Å². The van der Waals surface area contributed by atoms with Crippen LogP contribution in [0.2, 0.25) is 0 Å². The molecule has 0 aliphatic rings. The lowest BCUT2D eigenvalue weighted by molar-refractivity contribution is -0.389. The average molecular weight is 322 g/mol. The smallest absolute Gasteiger partial charge is 0.389 e. The van der Waals surface area contributed by atoms with Gasteiger partial charge in [0.1, 0.15) is 6.54 Å². The molecule has 2 heterocycles. The van der Waals surface area contributed by atoms with Crippen molar-refractivity contribution < 1.29 is 19.2 Å². The Hall–Kier alpha value is -3.24. The van der Waals surface area contributed by atoms with E-state index in [9.17, 15) is 19.7 Å². The fourth-order valence-electron chi connectivity index (χ4n) is 1.80. The average Bonchev–Trinajstić information content (AvgIpc) is 3.13. The van der Waals surface area contributed by atoms with E-state index in [-0.39, 0.29) is 23.7 Å². The number of nitrogens with zero attached hydrogens (tertiary/aromatic N) is 5. The predicted molar refractivity (Wildman–Crippen MR) is 76.8 cm³/mol. The molecule has 11 nitrogen and oxygen atoms in total. The minimum atomic E-state index is -0.678. The third-order valence-corrected chi connectivity index (χ3v) is 2.86. The molecule has 0 bridgehead atoms. The molecule has 0 aliphatic carbocycles. The molecule has 0 atom stereocenters. The standard InChI is InChI=1S/C12H14N6O5/c1-3-16-6-8(11(15-16)12(20)23-2)13-10(19)7-17-5-4-9(14-17)18(21)22/h4-6H,3,7H2,1-2H3,(H,13,19). The molecular formula is C12H14N6O5. The van der Waals surface area contributed by atoms with Crippen molar-refractivity contribution in [3.8, 4) is 0 Å². The summed E-state index contributed by atoms with van der Waals surface area (Å²) in [4.78, 5) is 33.5. The molecule has 1 N–H and O–H groups in total. The first kappa shape index (κ1) is 16.1. The quantitative estimate of drug-likeness (QED) is 0.463. The van der Waals surface area contributed by atoms with Crippen LogP contribution in [0.5, 0.6) is 0 Å². The maximum Gasteiger partial charge on any atom is 0.389 e. The van der Waals surface area contributed by atoms with Crippen LogP contribution in [-0.4, -0.2) is 43.5 Å². The van der Waals surface area contributed by atoms with Crippen molar-refractivity contribution >= 4 is 23.4 Å². The molecule has 122 valence electrons. The topological polar surface area (TPSA) is 134 Å². The largest absolute Gasteiger partial charge is 0.464 e. The molecule has 1 amide bonds. The summed E-state index contributed by atoms with van der Waals surface area (Å²) in [5.74, 6) is -1.54. The van der Waals surface area contributed by atoms with Crippen LogP contribution in [-0.2, 0) is 22.6 Å². The van der Waals surface area contributed by atoms with Crippen molar-refractivity contribution in [1.29, 1.82) is 0 Å². The van der Waals surface area contributed by atoms with E-state index in [0.717, 1.165) is 4.68 Å². The zero-order chi connectivity index (χ0) is 17.0. The van der Waals surface area contributed by atoms with Gasteiger partial charge in [0, 0.05) is 12.7 Å². The number of rotatable bonds is 6. The van der Waals surface area contributed by atoms with Crippen LogP contribution < -0.4 is 5.32 Å². The fourth-order valence-corrected chi connectivity index (χ4v) is 1.80. The molecule has 11 heteroatoms. The molecule has 0 radical (unpaired) electrons. The number of aromatic nitrogens is 4. The summed E-state index contributed by atoms with van der Waals surface area (Å²) in [7, 11) is 1.21. The molecule has 0 fully saturated rings. The third-order valence-electron chi connectivity index (χ3n) is 2.86. The Morgan fingerprint density at radius 1 is 1.39 bits per heavy atom. The van der Waals surface area contributed by atoms with E-state index >= 15 is 0 Å². The number of nitrogens with one attached hydrogen (secondary N) is 1. The molecule has 0 saturated carbocycles. The number of hydrogen-bond acceptors (Lipinski definition) is 7. The molecule has 0 unspecified atom stereocenters. The molecule has 2 aromatic heterocycles. The van der Waals surface area contributed by atoms with Gasteiger partial charge in [-0.15, -0.1) is 0 Å². The van der Waals surface area contributed by atoms with E-state index in [0.29, 0.717) is 6.54 Å². The Morgan fingerprint density at radius 3 is 2.70 bits per heavy atom. The van der Waals surface area contributed by atoms with Crippen LogP contribution in [0.15, 0.2) is 18.5 Å². The number of nitro groups is 1. The SMILES string of the molecule is CCn1cc(NC(=O)Cn2ccc([N+](=O)[O-])n2)c(C(=O)OC)n1. The minimum absolute atomic E-state index is 0.0193. The highest BCUT2D eigenvalue weighted by atomic mass is 16.6. The second-order valence-electron chi connectivity index (χ2n) is 4.42. The molecule has 23 heavy (non-hydrogen) atoms. The Morgan fingerprint density at radius 2 is 2.13 bits per heavy atom. The second kappa shape index (κ2) is 6.68. The number of ether oxygens (including phenoxy) is 1. The van der Waals surface area contributed by atoms with E-state index < -0.39 is 16.8 Å². The Labute approximate surface area is 130 Å². The molecule has 2 aromatic rings. The van der Waals surface area contributed by atoms with Gasteiger partial charge in [0.15, 0.2) is 5.69 Å². The van der Waals surface area contributed by atoms with Gasteiger partial charge in [-0.3, -0.25) is 9.48 Å². The molecule has 0 saturated heterocycles. The summed E-state index contributed by atoms with van der Waals surface area (Å²) < 4.78 is 7.20.